The molecular weight excluding hydrogens is 187 g/mol. The highest BCUT2D eigenvalue weighted by atomic mass is 19.1. The topological polar surface area (TPSA) is 64.3 Å². The van der Waals surface area contributed by atoms with Crippen LogP contribution in [0.1, 0.15) is 0 Å². The molecule has 0 atom stereocenters. The highest BCUT2D eigenvalue weighted by molar-refractivity contribution is 5.78. The van der Waals surface area contributed by atoms with Crippen LogP contribution < -0.4 is 15.8 Å². The van der Waals surface area contributed by atoms with E-state index in [1.54, 1.807) is 0 Å². The zero-order valence-corrected chi connectivity index (χ0v) is 7.71. The fourth-order valence-electron chi connectivity index (χ4n) is 0.949. The lowest BCUT2D eigenvalue weighted by atomic mass is 10.3. The molecule has 0 bridgehead atoms. The lowest BCUT2D eigenvalue weighted by Crippen LogP contribution is -2.22. The number of amides is 1. The summed E-state index contributed by atoms with van der Waals surface area (Å²) < 4.78 is 18.0. The molecule has 1 amide bonds. The lowest BCUT2D eigenvalue weighted by Gasteiger charge is -2.07. The maximum absolute atomic E-state index is 13.1. The third-order valence-electron chi connectivity index (χ3n) is 1.63. The monoisotopic (exact) mass is 198 g/mol. The normalized spacial score (nSPS) is 9.57. The quantitative estimate of drug-likeness (QED) is 0.749. The second kappa shape index (κ2) is 4.45. The van der Waals surface area contributed by atoms with E-state index >= 15 is 0 Å². The van der Waals surface area contributed by atoms with Gasteiger partial charge in [0.25, 0.3) is 0 Å². The number of anilines is 1. The Balaban J connectivity index is 2.78. The van der Waals surface area contributed by atoms with Gasteiger partial charge in [0, 0.05) is 6.07 Å². The van der Waals surface area contributed by atoms with Crippen molar-refractivity contribution in [1.82, 2.24) is 0 Å². The summed E-state index contributed by atoms with van der Waals surface area (Å²) in [4.78, 5) is 10.4. The second-order valence-electron chi connectivity index (χ2n) is 2.67. The van der Waals surface area contributed by atoms with Gasteiger partial charge in [-0.2, -0.15) is 0 Å². The van der Waals surface area contributed by atoms with Crippen LogP contribution in [0.2, 0.25) is 0 Å². The summed E-state index contributed by atoms with van der Waals surface area (Å²) in [5.41, 5.74) is 5.10. The third-order valence-corrected chi connectivity index (χ3v) is 1.63. The second-order valence-corrected chi connectivity index (χ2v) is 2.67. The van der Waals surface area contributed by atoms with Crippen molar-refractivity contribution in [2.75, 3.05) is 19.0 Å². The number of carbonyl (C=O) groups is 1. The van der Waals surface area contributed by atoms with E-state index in [1.165, 1.54) is 25.3 Å². The molecule has 0 aliphatic rings. The summed E-state index contributed by atoms with van der Waals surface area (Å²) in [5.74, 6) is -0.488. The molecule has 0 fully saturated rings. The van der Waals surface area contributed by atoms with Crippen molar-refractivity contribution in [1.29, 1.82) is 0 Å². The van der Waals surface area contributed by atoms with Crippen LogP contribution in [0.5, 0.6) is 5.75 Å². The predicted octanol–water partition coefficient (Wildman–Crippen LogP) is 0.732. The molecule has 0 aromatic heterocycles. The van der Waals surface area contributed by atoms with Crippen LogP contribution in [0.15, 0.2) is 18.2 Å². The Labute approximate surface area is 80.9 Å². The van der Waals surface area contributed by atoms with Gasteiger partial charge >= 0.3 is 0 Å². The number of halogens is 1. The molecule has 5 heteroatoms. The number of carbonyl (C=O) groups excluding carboxylic acids is 1. The SMILES string of the molecule is COc1ccc(F)c(NCC(N)=O)c1. The van der Waals surface area contributed by atoms with Crippen LogP contribution in [-0.2, 0) is 4.79 Å². The van der Waals surface area contributed by atoms with Crippen LogP contribution in [0.3, 0.4) is 0 Å². The maximum Gasteiger partial charge on any atom is 0.236 e. The first-order valence-corrected chi connectivity index (χ1v) is 3.99. The van der Waals surface area contributed by atoms with E-state index < -0.39 is 11.7 Å². The summed E-state index contributed by atoms with van der Waals surface area (Å²) in [6, 6.07) is 4.20. The van der Waals surface area contributed by atoms with Crippen molar-refractivity contribution in [2.24, 2.45) is 5.73 Å². The minimum atomic E-state index is -0.549. The Morgan fingerprint density at radius 2 is 2.36 bits per heavy atom. The van der Waals surface area contributed by atoms with Gasteiger partial charge < -0.3 is 15.8 Å². The molecule has 76 valence electrons. The minimum Gasteiger partial charge on any atom is -0.497 e. The van der Waals surface area contributed by atoms with Gasteiger partial charge in [0.15, 0.2) is 0 Å². The molecule has 0 unspecified atom stereocenters. The molecular formula is C9H11FN2O2. The molecule has 0 heterocycles. The molecule has 3 N–H and O–H groups in total. The minimum absolute atomic E-state index is 0.107. The largest absolute Gasteiger partial charge is 0.497 e. The van der Waals surface area contributed by atoms with E-state index in [-0.39, 0.29) is 12.2 Å². The number of nitrogens with two attached hydrogens (primary N) is 1. The molecule has 4 nitrogen and oxygen atoms in total. The number of methoxy groups -OCH3 is 1. The third kappa shape index (κ3) is 2.62. The Hall–Kier alpha value is -1.78. The van der Waals surface area contributed by atoms with Crippen molar-refractivity contribution >= 4 is 11.6 Å². The standard InChI is InChI=1S/C9H11FN2O2/c1-14-6-2-3-7(10)8(4-6)12-5-9(11)13/h2-4,12H,5H2,1H3,(H2,11,13). The molecule has 0 spiro atoms. The summed E-state index contributed by atoms with van der Waals surface area (Å²) in [7, 11) is 1.48. The first kappa shape index (κ1) is 10.3. The first-order valence-electron chi connectivity index (χ1n) is 3.99. The molecule has 0 aliphatic carbocycles. The molecule has 0 saturated heterocycles. The van der Waals surface area contributed by atoms with E-state index in [1.807, 2.05) is 0 Å². The number of rotatable bonds is 4. The molecule has 0 radical (unpaired) electrons. The smallest absolute Gasteiger partial charge is 0.236 e. The van der Waals surface area contributed by atoms with Crippen LogP contribution >= 0.6 is 0 Å². The summed E-state index contributed by atoms with van der Waals surface area (Å²) in [6.45, 7) is -0.107. The highest BCUT2D eigenvalue weighted by Crippen LogP contribution is 2.20. The number of nitrogens with one attached hydrogen (secondary N) is 1. The van der Waals surface area contributed by atoms with Crippen LogP contribution in [-0.4, -0.2) is 19.6 Å². The number of hydrogen-bond acceptors (Lipinski definition) is 3. The van der Waals surface area contributed by atoms with Gasteiger partial charge in [0.05, 0.1) is 19.3 Å². The summed E-state index contributed by atoms with van der Waals surface area (Å²) in [6.07, 6.45) is 0. The molecule has 1 aromatic carbocycles. The van der Waals surface area contributed by atoms with Gasteiger partial charge in [-0.05, 0) is 12.1 Å². The molecule has 1 aromatic rings. The molecule has 1 rings (SSSR count). The summed E-state index contributed by atoms with van der Waals surface area (Å²) in [5, 5.41) is 2.56. The van der Waals surface area contributed by atoms with E-state index in [9.17, 15) is 9.18 Å². The number of ether oxygens (including phenoxy) is 1. The van der Waals surface area contributed by atoms with Crippen molar-refractivity contribution in [3.8, 4) is 5.75 Å². The maximum atomic E-state index is 13.1. The van der Waals surface area contributed by atoms with Gasteiger partial charge in [0.1, 0.15) is 11.6 Å². The number of primary amides is 1. The van der Waals surface area contributed by atoms with E-state index in [4.69, 9.17) is 10.5 Å². The lowest BCUT2D eigenvalue weighted by molar-refractivity contribution is -0.116. The van der Waals surface area contributed by atoms with E-state index in [2.05, 4.69) is 5.32 Å². The number of benzene rings is 1. The molecule has 14 heavy (non-hydrogen) atoms. The van der Waals surface area contributed by atoms with Crippen LogP contribution in [0.4, 0.5) is 10.1 Å². The van der Waals surface area contributed by atoms with E-state index in [0.717, 1.165) is 0 Å². The van der Waals surface area contributed by atoms with Crippen molar-refractivity contribution in [3.05, 3.63) is 24.0 Å². The van der Waals surface area contributed by atoms with Gasteiger partial charge in [-0.1, -0.05) is 0 Å². The zero-order chi connectivity index (χ0) is 10.6. The number of hydrogen-bond donors (Lipinski definition) is 2. The van der Waals surface area contributed by atoms with Gasteiger partial charge in [-0.25, -0.2) is 4.39 Å². The van der Waals surface area contributed by atoms with E-state index in [0.29, 0.717) is 5.75 Å². The van der Waals surface area contributed by atoms with Crippen molar-refractivity contribution < 1.29 is 13.9 Å². The highest BCUT2D eigenvalue weighted by Gasteiger charge is 2.04. The van der Waals surface area contributed by atoms with Crippen LogP contribution in [0.25, 0.3) is 0 Å². The fraction of sp³-hybridized carbons (Fsp3) is 0.222. The molecule has 0 saturated carbocycles. The van der Waals surface area contributed by atoms with Gasteiger partial charge in [-0.3, -0.25) is 4.79 Å². The zero-order valence-electron chi connectivity index (χ0n) is 7.71. The van der Waals surface area contributed by atoms with Gasteiger partial charge in [-0.15, -0.1) is 0 Å². The first-order chi connectivity index (χ1) is 6.63. The average molecular weight is 198 g/mol. The van der Waals surface area contributed by atoms with Crippen molar-refractivity contribution in [2.45, 2.75) is 0 Å². The molecule has 0 aliphatic heterocycles. The fourth-order valence-corrected chi connectivity index (χ4v) is 0.949. The average Bonchev–Trinajstić information content (AvgIpc) is 2.16. The van der Waals surface area contributed by atoms with Crippen molar-refractivity contribution in [3.63, 3.8) is 0 Å². The Bertz CT molecular complexity index is 342. The predicted molar refractivity (Wildman–Crippen MR) is 50.6 cm³/mol. The Morgan fingerprint density at radius 1 is 1.64 bits per heavy atom. The Kier molecular flexibility index (Phi) is 3.28. The van der Waals surface area contributed by atoms with Gasteiger partial charge in [0.2, 0.25) is 5.91 Å². The Morgan fingerprint density at radius 3 is 2.93 bits per heavy atom. The van der Waals surface area contributed by atoms with Crippen LogP contribution in [0, 0.1) is 5.82 Å². The summed E-state index contributed by atoms with van der Waals surface area (Å²) >= 11 is 0.